The van der Waals surface area contributed by atoms with E-state index in [0.717, 1.165) is 17.7 Å². The average molecular weight is 371 g/mol. The summed E-state index contributed by atoms with van der Waals surface area (Å²) in [6.07, 6.45) is 0.0830. The minimum atomic E-state index is -0.752. The molecule has 6 nitrogen and oxygen atoms in total. The van der Waals surface area contributed by atoms with Crippen LogP contribution in [0.2, 0.25) is 0 Å². The molecule has 0 spiro atoms. The molecular formula is C21H25NO5. The number of ether oxygens (including phenoxy) is 3. The number of rotatable bonds is 9. The molecule has 2 aromatic rings. The maximum absolute atomic E-state index is 12.4. The molecular weight excluding hydrogens is 346 g/mol. The molecule has 6 heteroatoms. The van der Waals surface area contributed by atoms with Crippen LogP contribution in [-0.2, 0) is 20.7 Å². The lowest BCUT2D eigenvalue weighted by Gasteiger charge is -2.14. The third kappa shape index (κ3) is 6.11. The van der Waals surface area contributed by atoms with Crippen molar-refractivity contribution >= 4 is 17.6 Å². The van der Waals surface area contributed by atoms with Gasteiger partial charge in [0.05, 0.1) is 6.61 Å². The molecule has 0 saturated carbocycles. The molecule has 0 radical (unpaired) electrons. The molecule has 0 aromatic heterocycles. The quantitative estimate of drug-likeness (QED) is 0.540. The minimum Gasteiger partial charge on any atom is -0.479 e. The van der Waals surface area contributed by atoms with Gasteiger partial charge >= 0.3 is 5.97 Å². The van der Waals surface area contributed by atoms with Crippen LogP contribution in [0, 0.1) is 0 Å². The summed E-state index contributed by atoms with van der Waals surface area (Å²) in [6.45, 7) is 4.17. The van der Waals surface area contributed by atoms with Gasteiger partial charge in [0, 0.05) is 18.4 Å². The van der Waals surface area contributed by atoms with Gasteiger partial charge in [0.1, 0.15) is 12.4 Å². The Bertz CT molecular complexity index is 757. The van der Waals surface area contributed by atoms with Crippen molar-refractivity contribution in [2.75, 3.05) is 25.6 Å². The van der Waals surface area contributed by atoms with Gasteiger partial charge in [-0.25, -0.2) is 4.79 Å². The summed E-state index contributed by atoms with van der Waals surface area (Å²) in [5, 5.41) is 2.92. The highest BCUT2D eigenvalue weighted by Crippen LogP contribution is 2.18. The molecule has 0 aliphatic rings. The largest absolute Gasteiger partial charge is 0.479 e. The fourth-order valence-corrected chi connectivity index (χ4v) is 2.43. The predicted octanol–water partition coefficient (Wildman–Crippen LogP) is 3.46. The van der Waals surface area contributed by atoms with Crippen molar-refractivity contribution in [3.63, 3.8) is 0 Å². The van der Waals surface area contributed by atoms with Crippen LogP contribution in [0.3, 0.4) is 0 Å². The maximum Gasteiger partial charge on any atom is 0.347 e. The number of hydrogen-bond donors (Lipinski definition) is 1. The second kappa shape index (κ2) is 10.3. The molecule has 1 N–H and O–H groups in total. The lowest BCUT2D eigenvalue weighted by molar-refractivity contribution is -0.152. The van der Waals surface area contributed by atoms with Crippen molar-refractivity contribution in [3.8, 4) is 5.75 Å². The molecule has 0 aliphatic carbocycles. The van der Waals surface area contributed by atoms with Gasteiger partial charge in [-0.3, -0.25) is 4.79 Å². The van der Waals surface area contributed by atoms with E-state index in [4.69, 9.17) is 14.2 Å². The van der Waals surface area contributed by atoms with Gasteiger partial charge in [-0.2, -0.15) is 0 Å². The van der Waals surface area contributed by atoms with Crippen LogP contribution in [-0.4, -0.2) is 38.3 Å². The fourth-order valence-electron chi connectivity index (χ4n) is 2.43. The van der Waals surface area contributed by atoms with E-state index in [-0.39, 0.29) is 12.5 Å². The van der Waals surface area contributed by atoms with Crippen molar-refractivity contribution in [2.45, 2.75) is 26.4 Å². The van der Waals surface area contributed by atoms with Crippen LogP contribution < -0.4 is 10.1 Å². The number of methoxy groups -OCH3 is 1. The fraction of sp³-hybridized carbons (Fsp3) is 0.333. The molecule has 2 aromatic carbocycles. The Morgan fingerprint density at radius 3 is 2.41 bits per heavy atom. The first-order valence-electron chi connectivity index (χ1n) is 8.86. The summed E-state index contributed by atoms with van der Waals surface area (Å²) in [4.78, 5) is 24.2. The topological polar surface area (TPSA) is 73.9 Å². The van der Waals surface area contributed by atoms with Crippen molar-refractivity contribution in [1.82, 2.24) is 0 Å². The summed E-state index contributed by atoms with van der Waals surface area (Å²) < 4.78 is 15.4. The molecule has 0 aliphatic heterocycles. The molecule has 2 rings (SSSR count). The van der Waals surface area contributed by atoms with E-state index in [2.05, 4.69) is 5.32 Å². The SMILES string of the molecule is CCc1ccccc1NC(=O)c1ccc(OC(C)C(=O)OCCOC)cc1. The van der Waals surface area contributed by atoms with Gasteiger partial charge in [0.25, 0.3) is 5.91 Å². The molecule has 1 unspecified atom stereocenters. The Morgan fingerprint density at radius 2 is 1.74 bits per heavy atom. The van der Waals surface area contributed by atoms with Crippen LogP contribution in [0.1, 0.15) is 29.8 Å². The smallest absolute Gasteiger partial charge is 0.347 e. The number of carbonyl (C=O) groups is 2. The van der Waals surface area contributed by atoms with E-state index >= 15 is 0 Å². The lowest BCUT2D eigenvalue weighted by atomic mass is 10.1. The van der Waals surface area contributed by atoms with Crippen molar-refractivity contribution in [2.24, 2.45) is 0 Å². The van der Waals surface area contributed by atoms with Crippen LogP contribution in [0.5, 0.6) is 5.75 Å². The maximum atomic E-state index is 12.4. The number of hydrogen-bond acceptors (Lipinski definition) is 5. The van der Waals surface area contributed by atoms with Crippen molar-refractivity contribution in [1.29, 1.82) is 0 Å². The van der Waals surface area contributed by atoms with Crippen LogP contribution in [0.4, 0.5) is 5.69 Å². The molecule has 1 atom stereocenters. The third-order valence-electron chi connectivity index (χ3n) is 3.94. The van der Waals surface area contributed by atoms with Crippen LogP contribution in [0.15, 0.2) is 48.5 Å². The molecule has 0 heterocycles. The van der Waals surface area contributed by atoms with Gasteiger partial charge in [-0.1, -0.05) is 25.1 Å². The number of aryl methyl sites for hydroxylation is 1. The van der Waals surface area contributed by atoms with E-state index in [9.17, 15) is 9.59 Å². The number of amides is 1. The molecule has 0 saturated heterocycles. The van der Waals surface area contributed by atoms with E-state index in [1.54, 1.807) is 31.2 Å². The summed E-state index contributed by atoms with van der Waals surface area (Å²) in [5.41, 5.74) is 2.38. The second-order valence-electron chi connectivity index (χ2n) is 5.91. The normalized spacial score (nSPS) is 11.5. The summed E-state index contributed by atoms with van der Waals surface area (Å²) in [6, 6.07) is 14.3. The van der Waals surface area contributed by atoms with Crippen LogP contribution >= 0.6 is 0 Å². The van der Waals surface area contributed by atoms with Gasteiger partial charge in [-0.15, -0.1) is 0 Å². The predicted molar refractivity (Wildman–Crippen MR) is 103 cm³/mol. The Kier molecular flexibility index (Phi) is 7.82. The third-order valence-corrected chi connectivity index (χ3v) is 3.94. The first-order chi connectivity index (χ1) is 13.0. The molecule has 1 amide bonds. The van der Waals surface area contributed by atoms with Gasteiger partial charge < -0.3 is 19.5 Å². The highest BCUT2D eigenvalue weighted by atomic mass is 16.6. The first kappa shape index (κ1) is 20.5. The second-order valence-corrected chi connectivity index (χ2v) is 5.91. The zero-order chi connectivity index (χ0) is 19.6. The van der Waals surface area contributed by atoms with E-state index < -0.39 is 12.1 Å². The number of carbonyl (C=O) groups excluding carboxylic acids is 2. The highest BCUT2D eigenvalue weighted by Gasteiger charge is 2.16. The van der Waals surface area contributed by atoms with Crippen molar-refractivity contribution < 1.29 is 23.8 Å². The highest BCUT2D eigenvalue weighted by molar-refractivity contribution is 6.04. The molecule has 27 heavy (non-hydrogen) atoms. The Balaban J connectivity index is 1.94. The van der Waals surface area contributed by atoms with Crippen LogP contribution in [0.25, 0.3) is 0 Å². The number of esters is 1. The zero-order valence-corrected chi connectivity index (χ0v) is 15.9. The Hall–Kier alpha value is -2.86. The minimum absolute atomic E-state index is 0.182. The number of anilines is 1. The Labute approximate surface area is 159 Å². The Morgan fingerprint density at radius 1 is 1.04 bits per heavy atom. The number of nitrogens with one attached hydrogen (secondary N) is 1. The molecule has 144 valence electrons. The first-order valence-corrected chi connectivity index (χ1v) is 8.86. The summed E-state index contributed by atoms with van der Waals surface area (Å²) in [7, 11) is 1.53. The van der Waals surface area contributed by atoms with Crippen molar-refractivity contribution in [3.05, 3.63) is 59.7 Å². The average Bonchev–Trinajstić information content (AvgIpc) is 2.69. The van der Waals surface area contributed by atoms with Gasteiger partial charge in [0.2, 0.25) is 0 Å². The number of para-hydroxylation sites is 1. The van der Waals surface area contributed by atoms with E-state index in [1.807, 2.05) is 31.2 Å². The summed E-state index contributed by atoms with van der Waals surface area (Å²) in [5.74, 6) is -0.184. The van der Waals surface area contributed by atoms with E-state index in [0.29, 0.717) is 17.9 Å². The van der Waals surface area contributed by atoms with Gasteiger partial charge in [-0.05, 0) is 49.2 Å². The monoisotopic (exact) mass is 371 g/mol. The van der Waals surface area contributed by atoms with Gasteiger partial charge in [0.15, 0.2) is 6.10 Å². The lowest BCUT2D eigenvalue weighted by Crippen LogP contribution is -2.27. The number of benzene rings is 2. The summed E-state index contributed by atoms with van der Waals surface area (Å²) >= 11 is 0. The molecule has 0 fully saturated rings. The standard InChI is InChI=1S/C21H25NO5/c1-4-16-7-5-6-8-19(16)22-20(23)17-9-11-18(12-10-17)27-15(2)21(24)26-14-13-25-3/h5-12,15H,4,13-14H2,1-3H3,(H,22,23). The molecule has 0 bridgehead atoms. The van der Waals surface area contributed by atoms with E-state index in [1.165, 1.54) is 7.11 Å². The zero-order valence-electron chi connectivity index (χ0n) is 15.9.